The first-order chi connectivity index (χ1) is 9.70. The Morgan fingerprint density at radius 1 is 1.55 bits per heavy atom. The highest BCUT2D eigenvalue weighted by atomic mass is 79.9. The van der Waals surface area contributed by atoms with Gasteiger partial charge in [-0.1, -0.05) is 0 Å². The minimum Gasteiger partial charge on any atom is -0.396 e. The minimum absolute atomic E-state index is 0.0207. The molecule has 106 valence electrons. The van der Waals surface area contributed by atoms with Gasteiger partial charge in [-0.05, 0) is 46.8 Å². The van der Waals surface area contributed by atoms with Gasteiger partial charge in [0, 0.05) is 30.4 Å². The number of carbonyl (C=O) groups excluding carboxylic acids is 1. The summed E-state index contributed by atoms with van der Waals surface area (Å²) in [5.41, 5.74) is 1.44. The van der Waals surface area contributed by atoms with Crippen LogP contribution in [-0.4, -0.2) is 45.2 Å². The lowest BCUT2D eigenvalue weighted by Gasteiger charge is -2.15. The Balaban J connectivity index is 1.87. The third-order valence-electron chi connectivity index (χ3n) is 3.83. The Hall–Kier alpha value is -1.40. The van der Waals surface area contributed by atoms with Crippen molar-refractivity contribution in [3.05, 3.63) is 34.6 Å². The number of aromatic nitrogens is 2. The van der Waals surface area contributed by atoms with E-state index in [4.69, 9.17) is 5.11 Å². The monoisotopic (exact) mass is 337 g/mol. The lowest BCUT2D eigenvalue weighted by molar-refractivity contribution is 0.0786. The van der Waals surface area contributed by atoms with E-state index in [0.29, 0.717) is 11.5 Å². The quantitative estimate of drug-likeness (QED) is 0.931. The van der Waals surface area contributed by atoms with Crippen molar-refractivity contribution in [3.8, 4) is 0 Å². The van der Waals surface area contributed by atoms with Gasteiger partial charge in [0.15, 0.2) is 0 Å². The molecule has 1 aliphatic rings. The van der Waals surface area contributed by atoms with E-state index in [0.717, 1.165) is 35.9 Å². The molecular weight excluding hydrogens is 322 g/mol. The van der Waals surface area contributed by atoms with Gasteiger partial charge in [0.05, 0.1) is 17.3 Å². The molecule has 0 aromatic carbocycles. The Kier molecular flexibility index (Phi) is 3.76. The number of likely N-dealkylation sites (tertiary alicyclic amines) is 1. The van der Waals surface area contributed by atoms with E-state index in [1.165, 1.54) is 0 Å². The van der Waals surface area contributed by atoms with Gasteiger partial charge in [-0.2, -0.15) is 5.10 Å². The first-order valence-electron chi connectivity index (χ1n) is 6.72. The molecule has 1 saturated heterocycles. The molecule has 20 heavy (non-hydrogen) atoms. The molecule has 1 fully saturated rings. The Morgan fingerprint density at radius 2 is 2.40 bits per heavy atom. The summed E-state index contributed by atoms with van der Waals surface area (Å²) in [6, 6.07) is 3.79. The van der Waals surface area contributed by atoms with Crippen LogP contribution in [0.25, 0.3) is 5.52 Å². The van der Waals surface area contributed by atoms with Gasteiger partial charge in [0.1, 0.15) is 0 Å². The molecule has 1 unspecified atom stereocenters. The molecule has 1 amide bonds. The molecular formula is C14H16BrN3O2. The van der Waals surface area contributed by atoms with Crippen LogP contribution in [0.4, 0.5) is 0 Å². The molecule has 3 rings (SSSR count). The Labute approximate surface area is 125 Å². The summed E-state index contributed by atoms with van der Waals surface area (Å²) >= 11 is 3.48. The van der Waals surface area contributed by atoms with Gasteiger partial charge in [-0.25, -0.2) is 4.52 Å². The third-order valence-corrected chi connectivity index (χ3v) is 4.47. The Morgan fingerprint density at radius 3 is 3.20 bits per heavy atom. The summed E-state index contributed by atoms with van der Waals surface area (Å²) in [4.78, 5) is 14.5. The number of hydrogen-bond donors (Lipinski definition) is 1. The number of rotatable bonds is 3. The van der Waals surface area contributed by atoms with E-state index in [2.05, 4.69) is 21.0 Å². The SMILES string of the molecule is O=C(c1cnn2cccc(Br)c12)N1CCC(CCO)C1. The standard InChI is InChI=1S/C14H16BrN3O2/c15-12-2-1-5-18-13(12)11(8-16-18)14(20)17-6-3-10(9-17)4-7-19/h1-2,5,8,10,19H,3-4,6-7,9H2. The molecule has 0 aliphatic carbocycles. The number of pyridine rings is 1. The predicted molar refractivity (Wildman–Crippen MR) is 78.6 cm³/mol. The summed E-state index contributed by atoms with van der Waals surface area (Å²) in [6.45, 7) is 1.67. The van der Waals surface area contributed by atoms with Crippen LogP contribution in [0.1, 0.15) is 23.2 Å². The molecule has 6 heteroatoms. The number of amides is 1. The number of hydrogen-bond acceptors (Lipinski definition) is 3. The molecule has 2 aromatic rings. The summed E-state index contributed by atoms with van der Waals surface area (Å²) in [5.74, 6) is 0.432. The fourth-order valence-electron chi connectivity index (χ4n) is 2.76. The number of fused-ring (bicyclic) bond motifs is 1. The van der Waals surface area contributed by atoms with Crippen LogP contribution in [0.5, 0.6) is 0 Å². The first-order valence-corrected chi connectivity index (χ1v) is 7.52. The van der Waals surface area contributed by atoms with Gasteiger partial charge in [0.25, 0.3) is 5.91 Å². The van der Waals surface area contributed by atoms with E-state index < -0.39 is 0 Å². The molecule has 1 aliphatic heterocycles. The minimum atomic E-state index is 0.0207. The smallest absolute Gasteiger partial charge is 0.257 e. The number of aliphatic hydroxyl groups is 1. The molecule has 2 aromatic heterocycles. The van der Waals surface area contributed by atoms with Crippen LogP contribution >= 0.6 is 15.9 Å². The van der Waals surface area contributed by atoms with Crippen molar-refractivity contribution in [1.82, 2.24) is 14.5 Å². The van der Waals surface area contributed by atoms with Crippen LogP contribution in [0.15, 0.2) is 29.0 Å². The van der Waals surface area contributed by atoms with E-state index in [9.17, 15) is 4.79 Å². The van der Waals surface area contributed by atoms with E-state index in [1.807, 2.05) is 23.2 Å². The molecule has 1 N–H and O–H groups in total. The van der Waals surface area contributed by atoms with Crippen LogP contribution in [0.3, 0.4) is 0 Å². The summed E-state index contributed by atoms with van der Waals surface area (Å²) in [5, 5.41) is 13.2. The summed E-state index contributed by atoms with van der Waals surface area (Å²) < 4.78 is 2.57. The van der Waals surface area contributed by atoms with Crippen LogP contribution in [-0.2, 0) is 0 Å². The van der Waals surface area contributed by atoms with Crippen molar-refractivity contribution in [3.63, 3.8) is 0 Å². The fraction of sp³-hybridized carbons (Fsp3) is 0.429. The van der Waals surface area contributed by atoms with Crippen molar-refractivity contribution in [1.29, 1.82) is 0 Å². The van der Waals surface area contributed by atoms with Gasteiger partial charge in [-0.15, -0.1) is 0 Å². The maximum Gasteiger partial charge on any atom is 0.257 e. The zero-order valence-electron chi connectivity index (χ0n) is 11.0. The number of carbonyl (C=O) groups is 1. The second-order valence-corrected chi connectivity index (χ2v) is 5.98. The van der Waals surface area contributed by atoms with Gasteiger partial charge in [-0.3, -0.25) is 4.79 Å². The van der Waals surface area contributed by atoms with Crippen molar-refractivity contribution in [2.75, 3.05) is 19.7 Å². The zero-order chi connectivity index (χ0) is 14.1. The zero-order valence-corrected chi connectivity index (χ0v) is 12.6. The molecule has 0 bridgehead atoms. The molecule has 1 atom stereocenters. The summed E-state index contributed by atoms with van der Waals surface area (Å²) in [6.07, 6.45) is 5.19. The van der Waals surface area contributed by atoms with Gasteiger partial charge in [0.2, 0.25) is 0 Å². The van der Waals surface area contributed by atoms with Crippen molar-refractivity contribution < 1.29 is 9.90 Å². The average molecular weight is 338 g/mol. The van der Waals surface area contributed by atoms with Crippen molar-refractivity contribution in [2.24, 2.45) is 5.92 Å². The van der Waals surface area contributed by atoms with E-state index in [1.54, 1.807) is 10.7 Å². The number of aliphatic hydroxyl groups excluding tert-OH is 1. The predicted octanol–water partition coefficient (Wildman–Crippen LogP) is 1.94. The van der Waals surface area contributed by atoms with Crippen LogP contribution in [0.2, 0.25) is 0 Å². The second kappa shape index (κ2) is 5.54. The largest absolute Gasteiger partial charge is 0.396 e. The Bertz CT molecular complexity index is 640. The number of halogens is 1. The maximum atomic E-state index is 12.6. The maximum absolute atomic E-state index is 12.6. The second-order valence-electron chi connectivity index (χ2n) is 5.13. The van der Waals surface area contributed by atoms with Crippen LogP contribution < -0.4 is 0 Å². The first kappa shape index (κ1) is 13.6. The highest BCUT2D eigenvalue weighted by Crippen LogP contribution is 2.25. The fourth-order valence-corrected chi connectivity index (χ4v) is 3.31. The van der Waals surface area contributed by atoms with Gasteiger partial charge >= 0.3 is 0 Å². The number of nitrogens with zero attached hydrogens (tertiary/aromatic N) is 3. The molecule has 0 radical (unpaired) electrons. The third kappa shape index (κ3) is 2.33. The van der Waals surface area contributed by atoms with Crippen molar-refractivity contribution >= 4 is 27.4 Å². The summed E-state index contributed by atoms with van der Waals surface area (Å²) in [7, 11) is 0. The van der Waals surface area contributed by atoms with E-state index in [-0.39, 0.29) is 12.5 Å². The molecule has 3 heterocycles. The average Bonchev–Trinajstić information content (AvgIpc) is 3.06. The lowest BCUT2D eigenvalue weighted by Crippen LogP contribution is -2.28. The molecule has 0 spiro atoms. The lowest BCUT2D eigenvalue weighted by atomic mass is 10.1. The normalized spacial score (nSPS) is 18.9. The topological polar surface area (TPSA) is 57.8 Å². The van der Waals surface area contributed by atoms with Crippen molar-refractivity contribution in [2.45, 2.75) is 12.8 Å². The molecule has 0 saturated carbocycles. The van der Waals surface area contributed by atoms with E-state index >= 15 is 0 Å². The highest BCUT2D eigenvalue weighted by Gasteiger charge is 2.28. The molecule has 5 nitrogen and oxygen atoms in total. The van der Waals surface area contributed by atoms with Gasteiger partial charge < -0.3 is 10.0 Å². The highest BCUT2D eigenvalue weighted by molar-refractivity contribution is 9.10. The van der Waals surface area contributed by atoms with Crippen LogP contribution in [0, 0.1) is 5.92 Å².